The van der Waals surface area contributed by atoms with E-state index in [2.05, 4.69) is 32.9 Å². The molecule has 0 unspecified atom stereocenters. The number of phenolic OH excluding ortho intramolecular Hbond substituents is 1. The van der Waals surface area contributed by atoms with Gasteiger partial charge in [-0.25, -0.2) is 4.79 Å². The van der Waals surface area contributed by atoms with Crippen LogP contribution in [0.25, 0.3) is 0 Å². The highest BCUT2D eigenvalue weighted by atomic mass is 16.5. The van der Waals surface area contributed by atoms with E-state index in [0.29, 0.717) is 12.8 Å². The summed E-state index contributed by atoms with van der Waals surface area (Å²) >= 11 is 0. The van der Waals surface area contributed by atoms with Crippen molar-refractivity contribution < 1.29 is 30.0 Å². The number of esters is 1. The molecule has 0 radical (unpaired) electrons. The first-order valence-corrected chi connectivity index (χ1v) is 15.3. The third-order valence-corrected chi connectivity index (χ3v) is 9.70. The van der Waals surface area contributed by atoms with E-state index in [1.165, 1.54) is 6.08 Å². The SMILES string of the molecule is CC1=C[C@@H]2[C@@H]([C@@H]3[C@H]1\C=C/C=C/C=C\[C@@H](O)[C@H](C)[C@H](O)C/C=C(C)/C=C/C(=O)O[C@H]3c1ccc(O)cc1)C(C)(C)C[C@@]2(C)O. The monoisotopic (exact) mass is 588 g/mol. The molecule has 0 bridgehead atoms. The van der Waals surface area contributed by atoms with Gasteiger partial charge in [0.25, 0.3) is 0 Å². The van der Waals surface area contributed by atoms with Crippen molar-refractivity contribution >= 4 is 5.97 Å². The van der Waals surface area contributed by atoms with Crippen LogP contribution >= 0.6 is 0 Å². The van der Waals surface area contributed by atoms with E-state index in [-0.39, 0.29) is 40.8 Å². The van der Waals surface area contributed by atoms with Gasteiger partial charge in [0.15, 0.2) is 0 Å². The molecule has 6 heteroatoms. The number of phenols is 1. The number of aliphatic hydroxyl groups excluding tert-OH is 2. The Morgan fingerprint density at radius 2 is 1.58 bits per heavy atom. The first kappa shape index (κ1) is 32.7. The Labute approximate surface area is 256 Å². The summed E-state index contributed by atoms with van der Waals surface area (Å²) in [4.78, 5) is 13.4. The minimum atomic E-state index is -0.910. The second-order valence-electron chi connectivity index (χ2n) is 13.6. The lowest BCUT2D eigenvalue weighted by Gasteiger charge is -2.47. The lowest BCUT2D eigenvalue weighted by atomic mass is 9.59. The van der Waals surface area contributed by atoms with Crippen molar-refractivity contribution in [3.63, 3.8) is 0 Å². The second kappa shape index (κ2) is 13.2. The number of cyclic esters (lactones) is 1. The Hall–Kier alpha value is -3.19. The first-order chi connectivity index (χ1) is 20.2. The summed E-state index contributed by atoms with van der Waals surface area (Å²) in [5.74, 6) is -1.15. The van der Waals surface area contributed by atoms with Gasteiger partial charge in [0.1, 0.15) is 11.9 Å². The minimum Gasteiger partial charge on any atom is -0.508 e. The zero-order valence-corrected chi connectivity index (χ0v) is 26.2. The van der Waals surface area contributed by atoms with E-state index in [1.54, 1.807) is 49.4 Å². The molecule has 1 fully saturated rings. The van der Waals surface area contributed by atoms with Gasteiger partial charge in [-0.3, -0.25) is 0 Å². The number of aromatic hydroxyl groups is 1. The molecule has 1 aromatic carbocycles. The summed E-state index contributed by atoms with van der Waals surface area (Å²) in [6, 6.07) is 6.83. The normalized spacial score (nSPS) is 41.0. The topological polar surface area (TPSA) is 107 Å². The number of fused-ring (bicyclic) bond motifs is 3. The zero-order chi connectivity index (χ0) is 31.5. The van der Waals surface area contributed by atoms with Crippen molar-refractivity contribution in [1.29, 1.82) is 0 Å². The van der Waals surface area contributed by atoms with Crippen molar-refractivity contribution in [3.8, 4) is 5.75 Å². The fourth-order valence-corrected chi connectivity index (χ4v) is 7.53. The molecule has 9 atom stereocenters. The number of benzene rings is 1. The summed E-state index contributed by atoms with van der Waals surface area (Å²) in [6.45, 7) is 12.0. The number of carbonyl (C=O) groups is 1. The molecular formula is C37H48O6. The molecule has 232 valence electrons. The summed E-state index contributed by atoms with van der Waals surface area (Å²) in [6.07, 6.45) is 17.2. The molecule has 0 amide bonds. The van der Waals surface area contributed by atoms with Crippen molar-refractivity contribution in [1.82, 2.24) is 0 Å². The second-order valence-corrected chi connectivity index (χ2v) is 13.6. The summed E-state index contributed by atoms with van der Waals surface area (Å²) < 4.78 is 6.34. The number of carbonyl (C=O) groups excluding carboxylic acids is 1. The quantitative estimate of drug-likeness (QED) is 0.220. The predicted octanol–water partition coefficient (Wildman–Crippen LogP) is 6.51. The van der Waals surface area contributed by atoms with Crippen LogP contribution in [0.5, 0.6) is 5.75 Å². The van der Waals surface area contributed by atoms with Gasteiger partial charge in [-0.2, -0.15) is 0 Å². The molecule has 0 aromatic heterocycles. The third kappa shape index (κ3) is 7.49. The van der Waals surface area contributed by atoms with E-state index in [0.717, 1.165) is 16.7 Å². The van der Waals surface area contributed by atoms with Crippen LogP contribution in [0.4, 0.5) is 0 Å². The number of allylic oxidation sites excluding steroid dienone is 8. The van der Waals surface area contributed by atoms with Crippen LogP contribution in [-0.4, -0.2) is 44.2 Å². The largest absolute Gasteiger partial charge is 0.508 e. The molecule has 0 saturated heterocycles. The van der Waals surface area contributed by atoms with Gasteiger partial charge in [0.2, 0.25) is 0 Å². The summed E-state index contributed by atoms with van der Waals surface area (Å²) in [5.41, 5.74) is 1.51. The van der Waals surface area contributed by atoms with Gasteiger partial charge in [-0.1, -0.05) is 98.7 Å². The van der Waals surface area contributed by atoms with Crippen molar-refractivity contribution in [2.75, 3.05) is 0 Å². The average Bonchev–Trinajstić information content (AvgIpc) is 3.13. The van der Waals surface area contributed by atoms with Gasteiger partial charge in [0.05, 0.1) is 17.8 Å². The van der Waals surface area contributed by atoms with Crippen molar-refractivity contribution in [2.24, 2.45) is 35.0 Å². The maximum absolute atomic E-state index is 13.4. The highest BCUT2D eigenvalue weighted by Gasteiger charge is 2.60. The van der Waals surface area contributed by atoms with E-state index in [4.69, 9.17) is 4.74 Å². The van der Waals surface area contributed by atoms with Gasteiger partial charge in [0, 0.05) is 29.7 Å². The molecule has 4 rings (SSSR count). The van der Waals surface area contributed by atoms with Crippen LogP contribution in [0.1, 0.15) is 66.1 Å². The van der Waals surface area contributed by atoms with E-state index in [1.807, 2.05) is 38.2 Å². The van der Waals surface area contributed by atoms with Gasteiger partial charge < -0.3 is 25.2 Å². The lowest BCUT2D eigenvalue weighted by molar-refractivity contribution is -0.150. The van der Waals surface area contributed by atoms with Crippen LogP contribution in [0, 0.1) is 35.0 Å². The molecule has 43 heavy (non-hydrogen) atoms. The van der Waals surface area contributed by atoms with Crippen molar-refractivity contribution in [3.05, 3.63) is 102 Å². The molecule has 3 aliphatic rings. The van der Waals surface area contributed by atoms with E-state index < -0.39 is 29.9 Å². The smallest absolute Gasteiger partial charge is 0.331 e. The molecule has 2 aliphatic carbocycles. The Morgan fingerprint density at radius 1 is 0.930 bits per heavy atom. The molecule has 1 saturated carbocycles. The molecule has 1 aromatic rings. The summed E-state index contributed by atoms with van der Waals surface area (Å²) in [7, 11) is 0. The van der Waals surface area contributed by atoms with Crippen LogP contribution in [-0.2, 0) is 9.53 Å². The Bertz CT molecular complexity index is 1330. The Morgan fingerprint density at radius 3 is 2.26 bits per heavy atom. The van der Waals surface area contributed by atoms with Crippen LogP contribution in [0.2, 0.25) is 0 Å². The minimum absolute atomic E-state index is 0.00540. The molecular weight excluding hydrogens is 540 g/mol. The number of rotatable bonds is 1. The van der Waals surface area contributed by atoms with Crippen LogP contribution in [0.15, 0.2) is 96.2 Å². The predicted molar refractivity (Wildman–Crippen MR) is 170 cm³/mol. The molecule has 4 N–H and O–H groups in total. The molecule has 6 nitrogen and oxygen atoms in total. The van der Waals surface area contributed by atoms with E-state index >= 15 is 0 Å². The number of ether oxygens (including phenoxy) is 1. The number of aliphatic hydroxyl groups is 3. The van der Waals surface area contributed by atoms with Crippen LogP contribution in [0.3, 0.4) is 0 Å². The fraction of sp³-hybridized carbons (Fsp3) is 0.486. The van der Waals surface area contributed by atoms with E-state index in [9.17, 15) is 25.2 Å². The zero-order valence-electron chi connectivity index (χ0n) is 26.2. The maximum atomic E-state index is 13.4. The molecule has 1 aliphatic heterocycles. The number of hydrogen-bond donors (Lipinski definition) is 4. The highest BCUT2D eigenvalue weighted by Crippen LogP contribution is 2.62. The van der Waals surface area contributed by atoms with Crippen molar-refractivity contribution in [2.45, 2.75) is 78.3 Å². The third-order valence-electron chi connectivity index (χ3n) is 9.70. The van der Waals surface area contributed by atoms with Gasteiger partial charge in [-0.15, -0.1) is 0 Å². The highest BCUT2D eigenvalue weighted by molar-refractivity contribution is 5.82. The Balaban J connectivity index is 1.85. The van der Waals surface area contributed by atoms with Crippen LogP contribution < -0.4 is 0 Å². The Kier molecular flexibility index (Phi) is 10.1. The van der Waals surface area contributed by atoms with Gasteiger partial charge in [-0.05, 0) is 62.6 Å². The maximum Gasteiger partial charge on any atom is 0.331 e. The molecule has 0 spiro atoms. The summed E-state index contributed by atoms with van der Waals surface area (Å²) in [5, 5.41) is 42.8. The molecule has 1 heterocycles. The van der Waals surface area contributed by atoms with Gasteiger partial charge >= 0.3 is 5.97 Å². The lowest BCUT2D eigenvalue weighted by Crippen LogP contribution is -2.44. The number of hydrogen-bond acceptors (Lipinski definition) is 6. The average molecular weight is 589 g/mol. The standard InChI is InChI=1S/C37H48O6/c1-23-13-19-31(40)25(3)30(39)12-10-8-7-9-11-28-24(2)21-29-34(36(4,5)22-37(29,6)42)33(28)35(43-32(41)20-14-23)26-15-17-27(38)18-16-26/h7-18,20-21,25,28-31,33-35,38-40,42H,19,22H2,1-6H3/b8-7+,11-9-,12-10-,20-14+,23-13+/t25-,28-,29+,30+,31+,33-,34-,35-,37+/m0/s1. The first-order valence-electron chi connectivity index (χ1n) is 15.3. The fourth-order valence-electron chi connectivity index (χ4n) is 7.53.